The lowest BCUT2D eigenvalue weighted by atomic mass is 10.2. The molecule has 84 valence electrons. The van der Waals surface area contributed by atoms with Gasteiger partial charge in [0.15, 0.2) is 0 Å². The predicted octanol–water partition coefficient (Wildman–Crippen LogP) is 3.79. The van der Waals surface area contributed by atoms with Crippen LogP contribution in [0.4, 0.5) is 0 Å². The number of hydrogen-bond acceptors (Lipinski definition) is 2. The van der Waals surface area contributed by atoms with Gasteiger partial charge < -0.3 is 4.74 Å². The van der Waals surface area contributed by atoms with E-state index in [2.05, 4.69) is 20.9 Å². The molecule has 0 fully saturated rings. The normalized spacial score (nSPS) is 11.4. The Kier molecular flexibility index (Phi) is 3.69. The Hall–Kier alpha value is -1.09. The van der Waals surface area contributed by atoms with Gasteiger partial charge in [0, 0.05) is 23.0 Å². The summed E-state index contributed by atoms with van der Waals surface area (Å²) in [7, 11) is 0. The van der Waals surface area contributed by atoms with Gasteiger partial charge in [-0.1, -0.05) is 22.0 Å². The Labute approximate surface area is 105 Å². The van der Waals surface area contributed by atoms with Gasteiger partial charge >= 0.3 is 0 Å². The van der Waals surface area contributed by atoms with Crippen LogP contribution in [-0.4, -0.2) is 16.9 Å². The Morgan fingerprint density at radius 1 is 1.31 bits per heavy atom. The maximum Gasteiger partial charge on any atom is 0.121 e. The Bertz CT molecular complexity index is 504. The minimum Gasteiger partial charge on any atom is -0.494 e. The van der Waals surface area contributed by atoms with Crippen LogP contribution in [0.2, 0.25) is 0 Å². The molecule has 1 aromatic heterocycles. The van der Waals surface area contributed by atoms with E-state index in [1.165, 1.54) is 0 Å². The third kappa shape index (κ3) is 2.95. The zero-order valence-electron chi connectivity index (χ0n) is 9.95. The molecule has 0 aliphatic carbocycles. The maximum absolute atomic E-state index is 7.48. The zero-order chi connectivity index (χ0) is 12.1. The van der Waals surface area contributed by atoms with E-state index in [0.717, 1.165) is 41.4 Å². The molecule has 1 heterocycles. The maximum atomic E-state index is 7.48. The molecule has 3 heteroatoms. The van der Waals surface area contributed by atoms with Crippen molar-refractivity contribution in [2.75, 3.05) is 11.9 Å². The van der Waals surface area contributed by atoms with Crippen molar-refractivity contribution in [2.24, 2.45) is 0 Å². The number of benzene rings is 1. The molecule has 2 nitrogen and oxygen atoms in total. The smallest absolute Gasteiger partial charge is 0.121 e. The molecular weight excluding hydrogens is 266 g/mol. The largest absolute Gasteiger partial charge is 0.494 e. The lowest BCUT2D eigenvalue weighted by Crippen LogP contribution is -1.97. The van der Waals surface area contributed by atoms with Gasteiger partial charge in [-0.15, -0.1) is 0 Å². The molecule has 0 amide bonds. The van der Waals surface area contributed by atoms with Gasteiger partial charge in [0.1, 0.15) is 5.75 Å². The molecule has 2 aromatic rings. The number of aromatic nitrogens is 1. The second-order valence-corrected chi connectivity index (χ2v) is 4.33. The van der Waals surface area contributed by atoms with Crippen molar-refractivity contribution in [2.45, 2.75) is 12.8 Å². The van der Waals surface area contributed by atoms with E-state index in [0.29, 0.717) is 0 Å². The number of rotatable bonds is 5. The van der Waals surface area contributed by atoms with Crippen LogP contribution in [0, 0.1) is 0 Å². The van der Waals surface area contributed by atoms with Crippen molar-refractivity contribution >= 4 is 26.8 Å². The third-order valence-corrected chi connectivity index (χ3v) is 2.88. The number of unbranched alkanes of at least 4 members (excludes halogenated alkanes) is 1. The molecule has 0 aliphatic heterocycles. The highest BCUT2D eigenvalue weighted by atomic mass is 79.9. The molecule has 0 spiro atoms. The Balaban J connectivity index is 2.08. The second-order valence-electron chi connectivity index (χ2n) is 3.54. The summed E-state index contributed by atoms with van der Waals surface area (Å²) >= 11 is 3.39. The number of hydrogen-bond donors (Lipinski definition) is 0. The van der Waals surface area contributed by atoms with Crippen molar-refractivity contribution in [1.82, 2.24) is 4.98 Å². The lowest BCUT2D eigenvalue weighted by molar-refractivity contribution is 0.310. The molecule has 0 saturated heterocycles. The van der Waals surface area contributed by atoms with Crippen molar-refractivity contribution in [3.05, 3.63) is 36.5 Å². The van der Waals surface area contributed by atoms with Crippen LogP contribution in [0.3, 0.4) is 0 Å². The highest BCUT2D eigenvalue weighted by Crippen LogP contribution is 2.18. The van der Waals surface area contributed by atoms with Crippen LogP contribution >= 0.6 is 15.9 Å². The van der Waals surface area contributed by atoms with E-state index < -0.39 is 0 Å². The third-order valence-electron chi connectivity index (χ3n) is 2.32. The minimum atomic E-state index is 0.286. The number of alkyl halides is 1. The van der Waals surface area contributed by atoms with Gasteiger partial charge in [-0.25, -0.2) is 0 Å². The highest BCUT2D eigenvalue weighted by molar-refractivity contribution is 9.09. The molecule has 0 atom stereocenters. The fourth-order valence-electron chi connectivity index (χ4n) is 1.47. The van der Waals surface area contributed by atoms with E-state index in [1.807, 2.05) is 24.3 Å². The lowest BCUT2D eigenvalue weighted by Gasteiger charge is -2.06. The highest BCUT2D eigenvalue weighted by Gasteiger charge is 1.97. The second kappa shape index (κ2) is 5.85. The number of halogens is 1. The Morgan fingerprint density at radius 3 is 3.12 bits per heavy atom. The van der Waals surface area contributed by atoms with Crippen molar-refractivity contribution in [3.8, 4) is 5.75 Å². The van der Waals surface area contributed by atoms with Crippen LogP contribution in [0.25, 0.3) is 10.9 Å². The summed E-state index contributed by atoms with van der Waals surface area (Å²) in [5.74, 6) is 0.824. The van der Waals surface area contributed by atoms with Crippen LogP contribution < -0.4 is 4.74 Å². The molecule has 16 heavy (non-hydrogen) atoms. The molecule has 2 rings (SSSR count). The van der Waals surface area contributed by atoms with E-state index >= 15 is 0 Å². The van der Waals surface area contributed by atoms with Gasteiger partial charge in [0.25, 0.3) is 0 Å². The van der Waals surface area contributed by atoms with Crippen molar-refractivity contribution < 1.29 is 6.11 Å². The summed E-state index contributed by atoms with van der Waals surface area (Å²) in [6, 6.07) is 9.41. The molecule has 0 aliphatic rings. The minimum absolute atomic E-state index is 0.286. The average Bonchev–Trinajstić information content (AvgIpc) is 2.34. The molecule has 0 bridgehead atoms. The summed E-state index contributed by atoms with van der Waals surface area (Å²) < 4.78 is 13.1. The number of pyridine rings is 1. The van der Waals surface area contributed by atoms with Gasteiger partial charge in [0.2, 0.25) is 0 Å². The molecule has 0 saturated carbocycles. The van der Waals surface area contributed by atoms with Gasteiger partial charge in [-0.3, -0.25) is 4.98 Å². The van der Waals surface area contributed by atoms with Gasteiger partial charge in [0.05, 0.1) is 13.5 Å². The first-order valence-corrected chi connectivity index (χ1v) is 6.48. The van der Waals surface area contributed by atoms with Crippen LogP contribution in [-0.2, 0) is 0 Å². The fraction of sp³-hybridized carbons (Fsp3) is 0.308. The summed E-state index contributed by atoms with van der Waals surface area (Å²) in [6.07, 6.45) is 2.44. The van der Waals surface area contributed by atoms with Gasteiger partial charge in [-0.2, -0.15) is 0 Å². The molecule has 0 N–H and O–H groups in total. The van der Waals surface area contributed by atoms with E-state index in [4.69, 9.17) is 6.11 Å². The summed E-state index contributed by atoms with van der Waals surface area (Å²) in [6.45, 7) is 0.720. The molecule has 1 aromatic carbocycles. The summed E-state index contributed by atoms with van der Waals surface area (Å²) in [5.41, 5.74) is 0.815. The topological polar surface area (TPSA) is 22.1 Å². The number of ether oxygens (including phenoxy) is 1. The monoisotopic (exact) mass is 280 g/mol. The first-order valence-electron chi connectivity index (χ1n) is 5.86. The zero-order valence-corrected chi connectivity index (χ0v) is 10.5. The van der Waals surface area contributed by atoms with E-state index in [1.54, 1.807) is 6.07 Å². The molecular formula is C13H14BrNO. The van der Waals surface area contributed by atoms with Crippen molar-refractivity contribution in [1.29, 1.82) is 0 Å². The van der Waals surface area contributed by atoms with Crippen LogP contribution in [0.15, 0.2) is 36.5 Å². The number of fused-ring (bicyclic) bond motifs is 1. The SMILES string of the molecule is [2H]c1ccc2ccc(OCCCCBr)cc2n1. The van der Waals surface area contributed by atoms with E-state index in [9.17, 15) is 0 Å². The van der Waals surface area contributed by atoms with Crippen LogP contribution in [0.5, 0.6) is 5.75 Å². The van der Waals surface area contributed by atoms with Crippen molar-refractivity contribution in [3.63, 3.8) is 0 Å². The molecule has 0 unspecified atom stereocenters. The first-order chi connectivity index (χ1) is 8.29. The first kappa shape index (κ1) is 10.1. The quantitative estimate of drug-likeness (QED) is 0.614. The van der Waals surface area contributed by atoms with Crippen LogP contribution in [0.1, 0.15) is 14.2 Å². The summed E-state index contributed by atoms with van der Waals surface area (Å²) in [4.78, 5) is 4.16. The standard InChI is InChI=1S/C13H14BrNO/c14-7-1-2-9-16-12-6-5-11-4-3-8-15-13(11)10-12/h3-6,8,10H,1-2,7,9H2/i8D. The predicted molar refractivity (Wildman–Crippen MR) is 70.3 cm³/mol. The molecule has 0 radical (unpaired) electrons. The fourth-order valence-corrected chi connectivity index (χ4v) is 1.87. The number of nitrogens with zero attached hydrogens (tertiary/aromatic N) is 1. The average molecular weight is 281 g/mol. The van der Waals surface area contributed by atoms with Gasteiger partial charge in [-0.05, 0) is 31.0 Å². The summed E-state index contributed by atoms with van der Waals surface area (Å²) in [5, 5.41) is 2.05. The van der Waals surface area contributed by atoms with E-state index in [-0.39, 0.29) is 6.17 Å². The Morgan fingerprint density at radius 2 is 2.25 bits per heavy atom.